The van der Waals surface area contributed by atoms with Crippen LogP contribution in [-0.2, 0) is 0 Å². The zero-order valence-corrected chi connectivity index (χ0v) is 18.7. The first-order chi connectivity index (χ1) is 15.6. The molecule has 32 heavy (non-hydrogen) atoms. The van der Waals surface area contributed by atoms with Gasteiger partial charge in [-0.3, -0.25) is 4.79 Å². The van der Waals surface area contributed by atoms with Crippen LogP contribution in [0.25, 0.3) is 22.2 Å². The summed E-state index contributed by atoms with van der Waals surface area (Å²) in [6.07, 6.45) is 0. The molecule has 0 atom stereocenters. The highest BCUT2D eigenvalue weighted by atomic mass is 35.5. The smallest absolute Gasteiger partial charge is 0.254 e. The Kier molecular flexibility index (Phi) is 5.54. The molecule has 0 aliphatic carbocycles. The number of aromatic nitrogens is 1. The Morgan fingerprint density at radius 2 is 1.53 bits per heavy atom. The molecule has 3 aromatic carbocycles. The Hall–Kier alpha value is -3.37. The van der Waals surface area contributed by atoms with Crippen molar-refractivity contribution in [3.05, 3.63) is 95.0 Å². The molecule has 0 saturated carbocycles. The van der Waals surface area contributed by atoms with Crippen molar-refractivity contribution in [1.29, 1.82) is 0 Å². The van der Waals surface area contributed by atoms with Gasteiger partial charge in [0.1, 0.15) is 0 Å². The molecule has 1 fully saturated rings. The fraction of sp³-hybridized carbons (Fsp3) is 0.185. The largest absolute Gasteiger partial charge is 0.368 e. The van der Waals surface area contributed by atoms with E-state index in [1.54, 1.807) is 0 Å². The lowest BCUT2D eigenvalue weighted by atomic mass is 10.0. The Labute approximate surface area is 193 Å². The van der Waals surface area contributed by atoms with Crippen LogP contribution in [0.4, 0.5) is 5.69 Å². The fourth-order valence-corrected chi connectivity index (χ4v) is 4.47. The molecule has 0 N–H and O–H groups in total. The van der Waals surface area contributed by atoms with Crippen LogP contribution in [0, 0.1) is 6.92 Å². The number of pyridine rings is 1. The molecule has 0 radical (unpaired) electrons. The molecular formula is C27H24ClN3O. The Morgan fingerprint density at radius 3 is 2.22 bits per heavy atom. The molecule has 1 amide bonds. The first-order valence-corrected chi connectivity index (χ1v) is 11.2. The van der Waals surface area contributed by atoms with E-state index in [1.165, 1.54) is 5.69 Å². The van der Waals surface area contributed by atoms with Crippen LogP contribution in [0.5, 0.6) is 0 Å². The zero-order chi connectivity index (χ0) is 22.1. The number of hydrogen-bond acceptors (Lipinski definition) is 3. The molecule has 4 aromatic rings. The second kappa shape index (κ2) is 8.64. The standard InChI is InChI=1S/C27H24ClN3O/c1-19-24(28)13-12-22-23(18-25(29-26(19)22)20-8-4-2-5-9-20)27(32)31-16-14-30(15-17-31)21-10-6-3-7-11-21/h2-13,18H,14-17H2,1H3. The van der Waals surface area contributed by atoms with Crippen LogP contribution < -0.4 is 4.90 Å². The highest BCUT2D eigenvalue weighted by Gasteiger charge is 2.25. The molecule has 0 unspecified atom stereocenters. The number of amides is 1. The molecule has 5 heteroatoms. The third-order valence-electron chi connectivity index (χ3n) is 6.16. The van der Waals surface area contributed by atoms with Crippen LogP contribution in [-0.4, -0.2) is 42.0 Å². The predicted octanol–water partition coefficient (Wildman–Crippen LogP) is 5.83. The summed E-state index contributed by atoms with van der Waals surface area (Å²) in [5, 5.41) is 1.51. The number of benzene rings is 3. The second-order valence-corrected chi connectivity index (χ2v) is 8.51. The van der Waals surface area contributed by atoms with Gasteiger partial charge in [0.2, 0.25) is 0 Å². The molecular weight excluding hydrogens is 418 g/mol. The second-order valence-electron chi connectivity index (χ2n) is 8.10. The van der Waals surface area contributed by atoms with Crippen molar-refractivity contribution in [2.75, 3.05) is 31.1 Å². The van der Waals surface area contributed by atoms with Crippen LogP contribution in [0.15, 0.2) is 78.9 Å². The molecule has 4 nitrogen and oxygen atoms in total. The minimum atomic E-state index is 0.0454. The number of hydrogen-bond donors (Lipinski definition) is 0. The van der Waals surface area contributed by atoms with Gasteiger partial charge in [0.15, 0.2) is 0 Å². The van der Waals surface area contributed by atoms with Crippen LogP contribution >= 0.6 is 11.6 Å². The number of rotatable bonds is 3. The van der Waals surface area contributed by atoms with Crippen LogP contribution in [0.1, 0.15) is 15.9 Å². The van der Waals surface area contributed by atoms with E-state index in [9.17, 15) is 4.79 Å². The topological polar surface area (TPSA) is 36.4 Å². The first-order valence-electron chi connectivity index (χ1n) is 10.9. The monoisotopic (exact) mass is 441 g/mol. The van der Waals surface area contributed by atoms with Gasteiger partial charge in [-0.05, 0) is 36.8 Å². The van der Waals surface area contributed by atoms with Gasteiger partial charge in [-0.25, -0.2) is 4.98 Å². The lowest BCUT2D eigenvalue weighted by Crippen LogP contribution is -2.48. The lowest BCUT2D eigenvalue weighted by Gasteiger charge is -2.36. The highest BCUT2D eigenvalue weighted by molar-refractivity contribution is 6.32. The molecule has 0 bridgehead atoms. The third-order valence-corrected chi connectivity index (χ3v) is 6.57. The van der Waals surface area contributed by atoms with Gasteiger partial charge in [0.05, 0.1) is 16.8 Å². The maximum absolute atomic E-state index is 13.7. The maximum Gasteiger partial charge on any atom is 0.254 e. The third kappa shape index (κ3) is 3.82. The van der Waals surface area contributed by atoms with Gasteiger partial charge in [-0.1, -0.05) is 66.2 Å². The average molecular weight is 442 g/mol. The van der Waals surface area contributed by atoms with Crippen molar-refractivity contribution in [3.63, 3.8) is 0 Å². The van der Waals surface area contributed by atoms with Crippen molar-refractivity contribution < 1.29 is 4.79 Å². The molecule has 0 spiro atoms. The maximum atomic E-state index is 13.7. The first kappa shape index (κ1) is 20.5. The van der Waals surface area contributed by atoms with Crippen LogP contribution in [0.2, 0.25) is 5.02 Å². The van der Waals surface area contributed by atoms with Gasteiger partial charge in [0.25, 0.3) is 5.91 Å². The van der Waals surface area contributed by atoms with Gasteiger partial charge < -0.3 is 9.80 Å². The summed E-state index contributed by atoms with van der Waals surface area (Å²) in [6.45, 7) is 4.96. The quantitative estimate of drug-likeness (QED) is 0.401. The van der Waals surface area contributed by atoms with E-state index in [4.69, 9.17) is 16.6 Å². The van der Waals surface area contributed by atoms with E-state index in [2.05, 4.69) is 29.2 Å². The van der Waals surface area contributed by atoms with Crippen molar-refractivity contribution in [1.82, 2.24) is 9.88 Å². The summed E-state index contributed by atoms with van der Waals surface area (Å²) in [5.41, 5.74) is 5.33. The SMILES string of the molecule is Cc1c(Cl)ccc2c(C(=O)N3CCN(c4ccccc4)CC3)cc(-c3ccccc3)nc12. The van der Waals surface area contributed by atoms with E-state index in [0.717, 1.165) is 40.8 Å². The summed E-state index contributed by atoms with van der Waals surface area (Å²) in [7, 11) is 0. The molecule has 5 rings (SSSR count). The molecule has 1 aromatic heterocycles. The van der Waals surface area contributed by atoms with Crippen molar-refractivity contribution in [3.8, 4) is 11.3 Å². The van der Waals surface area contributed by atoms with Gasteiger partial charge in [0, 0.05) is 47.8 Å². The Morgan fingerprint density at radius 1 is 0.875 bits per heavy atom. The number of nitrogens with zero attached hydrogens (tertiary/aromatic N) is 3. The van der Waals surface area contributed by atoms with Crippen molar-refractivity contribution in [2.45, 2.75) is 6.92 Å². The number of fused-ring (bicyclic) bond motifs is 1. The van der Waals surface area contributed by atoms with E-state index in [0.29, 0.717) is 23.7 Å². The number of halogens is 1. The summed E-state index contributed by atoms with van der Waals surface area (Å²) in [5.74, 6) is 0.0454. The van der Waals surface area contributed by atoms with E-state index >= 15 is 0 Å². The van der Waals surface area contributed by atoms with E-state index in [-0.39, 0.29) is 5.91 Å². The molecule has 1 aliphatic heterocycles. The average Bonchev–Trinajstić information content (AvgIpc) is 2.86. The number of para-hydroxylation sites is 1. The molecule has 1 aliphatic rings. The van der Waals surface area contributed by atoms with E-state index in [1.807, 2.05) is 66.4 Å². The van der Waals surface area contributed by atoms with Crippen molar-refractivity contribution >= 4 is 34.1 Å². The van der Waals surface area contributed by atoms with Crippen molar-refractivity contribution in [2.24, 2.45) is 0 Å². The summed E-state index contributed by atoms with van der Waals surface area (Å²) < 4.78 is 0. The normalized spacial score (nSPS) is 14.1. The number of aryl methyl sites for hydroxylation is 1. The summed E-state index contributed by atoms with van der Waals surface area (Å²) >= 11 is 6.40. The van der Waals surface area contributed by atoms with E-state index < -0.39 is 0 Å². The zero-order valence-electron chi connectivity index (χ0n) is 18.0. The van der Waals surface area contributed by atoms with Gasteiger partial charge in [-0.15, -0.1) is 0 Å². The Balaban J connectivity index is 1.50. The number of carbonyl (C=O) groups is 1. The van der Waals surface area contributed by atoms with Crippen LogP contribution in [0.3, 0.4) is 0 Å². The lowest BCUT2D eigenvalue weighted by molar-refractivity contribution is 0.0748. The van der Waals surface area contributed by atoms with Gasteiger partial charge in [-0.2, -0.15) is 0 Å². The minimum absolute atomic E-state index is 0.0454. The minimum Gasteiger partial charge on any atom is -0.368 e. The summed E-state index contributed by atoms with van der Waals surface area (Å²) in [6, 6.07) is 26.0. The number of anilines is 1. The number of carbonyl (C=O) groups excluding carboxylic acids is 1. The Bertz CT molecular complexity index is 1270. The molecule has 2 heterocycles. The predicted molar refractivity (Wildman–Crippen MR) is 131 cm³/mol. The molecule has 160 valence electrons. The van der Waals surface area contributed by atoms with Gasteiger partial charge >= 0.3 is 0 Å². The highest BCUT2D eigenvalue weighted by Crippen LogP contribution is 2.31. The molecule has 1 saturated heterocycles. The number of piperazine rings is 1. The summed E-state index contributed by atoms with van der Waals surface area (Å²) in [4.78, 5) is 22.8. The fourth-order valence-electron chi connectivity index (χ4n) is 4.31.